The number of rotatable bonds is 10. The quantitative estimate of drug-likeness (QED) is 0.358. The third kappa shape index (κ3) is 6.10. The zero-order valence-electron chi connectivity index (χ0n) is 11.3. The van der Waals surface area contributed by atoms with Gasteiger partial charge < -0.3 is 0 Å². The second-order valence-electron chi connectivity index (χ2n) is 4.70. The van der Waals surface area contributed by atoms with Crippen LogP contribution in [-0.4, -0.2) is 11.3 Å². The molecular formula is C15H23NOS. The largest absolute Gasteiger partial charge is 0.298 e. The molecular weight excluding hydrogens is 242 g/mol. The van der Waals surface area contributed by atoms with Gasteiger partial charge in [-0.2, -0.15) is 0 Å². The summed E-state index contributed by atoms with van der Waals surface area (Å²) in [6.45, 7) is 5.92. The topological polar surface area (TPSA) is 30.0 Å². The van der Waals surface area contributed by atoms with Crippen molar-refractivity contribution in [1.82, 2.24) is 4.98 Å². The van der Waals surface area contributed by atoms with E-state index >= 15 is 0 Å². The lowest BCUT2D eigenvalue weighted by Crippen LogP contribution is -1.91. The molecule has 1 heterocycles. The fraction of sp³-hybridized carbons (Fsp3) is 0.600. The van der Waals surface area contributed by atoms with Crippen molar-refractivity contribution in [2.24, 2.45) is 0 Å². The minimum Gasteiger partial charge on any atom is -0.298 e. The molecule has 18 heavy (non-hydrogen) atoms. The van der Waals surface area contributed by atoms with Gasteiger partial charge in [-0.1, -0.05) is 45.6 Å². The Morgan fingerprint density at radius 1 is 1.33 bits per heavy atom. The molecule has 3 heteroatoms. The third-order valence-electron chi connectivity index (χ3n) is 2.93. The van der Waals surface area contributed by atoms with Crippen LogP contribution in [0.15, 0.2) is 17.5 Å². The van der Waals surface area contributed by atoms with Gasteiger partial charge in [-0.3, -0.25) is 4.79 Å². The van der Waals surface area contributed by atoms with Gasteiger partial charge >= 0.3 is 0 Å². The zero-order valence-corrected chi connectivity index (χ0v) is 12.1. The third-order valence-corrected chi connectivity index (χ3v) is 3.83. The molecule has 0 unspecified atom stereocenters. The first-order valence-electron chi connectivity index (χ1n) is 6.82. The highest BCUT2D eigenvalue weighted by Crippen LogP contribution is 2.15. The van der Waals surface area contributed by atoms with Crippen LogP contribution in [0.4, 0.5) is 0 Å². The number of nitrogens with zero attached hydrogens (tertiary/aromatic N) is 1. The first kappa shape index (κ1) is 15.1. The maximum Gasteiger partial charge on any atom is 0.145 e. The molecule has 0 spiro atoms. The zero-order chi connectivity index (χ0) is 13.2. The molecule has 1 aromatic rings. The number of thiazole rings is 1. The number of aromatic nitrogens is 1. The summed E-state index contributed by atoms with van der Waals surface area (Å²) in [6.07, 6.45) is 10.4. The summed E-state index contributed by atoms with van der Waals surface area (Å²) in [4.78, 5) is 15.0. The van der Waals surface area contributed by atoms with Crippen molar-refractivity contribution in [3.05, 3.63) is 28.2 Å². The van der Waals surface area contributed by atoms with Crippen molar-refractivity contribution in [1.29, 1.82) is 0 Å². The molecule has 0 atom stereocenters. The first-order valence-corrected chi connectivity index (χ1v) is 7.70. The molecule has 0 aliphatic carbocycles. The summed E-state index contributed by atoms with van der Waals surface area (Å²) < 4.78 is 0. The van der Waals surface area contributed by atoms with Crippen LogP contribution in [0.3, 0.4) is 0 Å². The molecule has 0 saturated carbocycles. The summed E-state index contributed by atoms with van der Waals surface area (Å²) in [7, 11) is 0. The molecule has 0 radical (unpaired) electrons. The highest BCUT2D eigenvalue weighted by atomic mass is 32.1. The van der Waals surface area contributed by atoms with E-state index in [-0.39, 0.29) is 0 Å². The molecule has 100 valence electrons. The molecule has 0 aromatic carbocycles. The highest BCUT2D eigenvalue weighted by Gasteiger charge is 2.03. The van der Waals surface area contributed by atoms with Crippen LogP contribution in [0.2, 0.25) is 0 Å². The minimum atomic E-state index is 0.602. The van der Waals surface area contributed by atoms with Gasteiger partial charge in [0.2, 0.25) is 0 Å². The van der Waals surface area contributed by atoms with E-state index in [4.69, 9.17) is 0 Å². The number of carbonyl (C=O) groups is 1. The van der Waals surface area contributed by atoms with Gasteiger partial charge in [-0.25, -0.2) is 4.98 Å². The molecule has 0 amide bonds. The Hall–Kier alpha value is -0.960. The molecule has 0 aliphatic heterocycles. The number of aryl methyl sites for hydroxylation is 1. The van der Waals surface area contributed by atoms with Crippen LogP contribution >= 0.6 is 11.3 Å². The van der Waals surface area contributed by atoms with E-state index < -0.39 is 0 Å². The molecule has 0 N–H and O–H groups in total. The number of carbonyl (C=O) groups excluding carboxylic acids is 1. The van der Waals surface area contributed by atoms with Gasteiger partial charge in [-0.15, -0.1) is 11.3 Å². The Morgan fingerprint density at radius 2 is 2.06 bits per heavy atom. The Balaban J connectivity index is 2.19. The SMILES string of the molecule is C=C(C=O)Cc1nc(CCCCCCCC)cs1. The van der Waals surface area contributed by atoms with E-state index in [1.807, 2.05) is 0 Å². The van der Waals surface area contributed by atoms with Crippen LogP contribution in [0.1, 0.15) is 56.2 Å². The van der Waals surface area contributed by atoms with Crippen LogP contribution in [0.5, 0.6) is 0 Å². The van der Waals surface area contributed by atoms with E-state index in [0.717, 1.165) is 17.7 Å². The van der Waals surface area contributed by atoms with Gasteiger partial charge in [0.1, 0.15) is 6.29 Å². The van der Waals surface area contributed by atoms with E-state index in [9.17, 15) is 4.79 Å². The lowest BCUT2D eigenvalue weighted by molar-refractivity contribution is -0.104. The van der Waals surface area contributed by atoms with Gasteiger partial charge in [0.25, 0.3) is 0 Å². The molecule has 2 nitrogen and oxygen atoms in total. The van der Waals surface area contributed by atoms with Gasteiger partial charge in [0, 0.05) is 11.8 Å². The molecule has 0 bridgehead atoms. The first-order chi connectivity index (χ1) is 8.76. The smallest absolute Gasteiger partial charge is 0.145 e. The van der Waals surface area contributed by atoms with Crippen molar-refractivity contribution < 1.29 is 4.79 Å². The van der Waals surface area contributed by atoms with Gasteiger partial charge in [0.05, 0.1) is 10.7 Å². The summed E-state index contributed by atoms with van der Waals surface area (Å²) in [5.41, 5.74) is 1.78. The average molecular weight is 265 g/mol. The Morgan fingerprint density at radius 3 is 2.78 bits per heavy atom. The number of aldehydes is 1. The monoisotopic (exact) mass is 265 g/mol. The van der Waals surface area contributed by atoms with Gasteiger partial charge in [0.15, 0.2) is 0 Å². The molecule has 0 fully saturated rings. The van der Waals surface area contributed by atoms with E-state index in [0.29, 0.717) is 12.0 Å². The van der Waals surface area contributed by atoms with Crippen molar-refractivity contribution in [3.8, 4) is 0 Å². The number of hydrogen-bond donors (Lipinski definition) is 0. The molecule has 1 aromatic heterocycles. The fourth-order valence-corrected chi connectivity index (χ4v) is 2.75. The fourth-order valence-electron chi connectivity index (χ4n) is 1.87. The van der Waals surface area contributed by atoms with Crippen molar-refractivity contribution in [2.75, 3.05) is 0 Å². The Bertz CT molecular complexity index is 370. The molecule has 0 saturated heterocycles. The average Bonchev–Trinajstić information content (AvgIpc) is 2.81. The standard InChI is InChI=1S/C15H23NOS/c1-3-4-5-6-7-8-9-14-12-18-15(16-14)10-13(2)11-17/h11-12H,2-10H2,1H3. The van der Waals surface area contributed by atoms with Gasteiger partial charge in [-0.05, 0) is 18.4 Å². The van der Waals surface area contributed by atoms with E-state index in [1.165, 1.54) is 44.2 Å². The number of allylic oxidation sites excluding steroid dienone is 1. The van der Waals surface area contributed by atoms with Crippen molar-refractivity contribution in [2.45, 2.75) is 58.3 Å². The second kappa shape index (κ2) is 9.03. The predicted molar refractivity (Wildman–Crippen MR) is 78.1 cm³/mol. The van der Waals surface area contributed by atoms with Crippen LogP contribution in [0, 0.1) is 0 Å². The second-order valence-corrected chi connectivity index (χ2v) is 5.65. The van der Waals surface area contributed by atoms with Crippen molar-refractivity contribution in [3.63, 3.8) is 0 Å². The summed E-state index contributed by atoms with van der Waals surface area (Å²) in [5.74, 6) is 0. The summed E-state index contributed by atoms with van der Waals surface area (Å²) in [6, 6.07) is 0. The van der Waals surface area contributed by atoms with E-state index in [2.05, 4.69) is 23.9 Å². The Labute approximate surface area is 114 Å². The minimum absolute atomic E-state index is 0.602. The lowest BCUT2D eigenvalue weighted by Gasteiger charge is -1.99. The predicted octanol–water partition coefficient (Wildman–Crippen LogP) is 4.34. The maximum absolute atomic E-state index is 10.5. The van der Waals surface area contributed by atoms with E-state index in [1.54, 1.807) is 11.3 Å². The lowest BCUT2D eigenvalue weighted by atomic mass is 10.1. The summed E-state index contributed by atoms with van der Waals surface area (Å²) in [5, 5.41) is 3.12. The Kier molecular flexibility index (Phi) is 7.58. The molecule has 0 aliphatic rings. The number of unbranched alkanes of at least 4 members (excludes halogenated alkanes) is 5. The number of hydrogen-bond acceptors (Lipinski definition) is 3. The highest BCUT2D eigenvalue weighted by molar-refractivity contribution is 7.09. The van der Waals surface area contributed by atoms with Crippen LogP contribution in [0.25, 0.3) is 0 Å². The van der Waals surface area contributed by atoms with Crippen LogP contribution in [-0.2, 0) is 17.6 Å². The normalized spacial score (nSPS) is 10.5. The van der Waals surface area contributed by atoms with Crippen molar-refractivity contribution >= 4 is 17.6 Å². The summed E-state index contributed by atoms with van der Waals surface area (Å²) >= 11 is 1.63. The molecule has 1 rings (SSSR count). The maximum atomic E-state index is 10.5. The van der Waals surface area contributed by atoms with Crippen LogP contribution < -0.4 is 0 Å².